The first-order valence-corrected chi connectivity index (χ1v) is 10.3. The molecule has 3 aromatic rings. The molecular weight excluding hydrogens is 449 g/mol. The highest BCUT2D eigenvalue weighted by Gasteiger charge is 2.34. The molecule has 0 saturated carbocycles. The number of urea groups is 1. The highest BCUT2D eigenvalue weighted by molar-refractivity contribution is 6.37. The second-order valence-electron chi connectivity index (χ2n) is 6.84. The number of halogens is 2. The summed E-state index contributed by atoms with van der Waals surface area (Å²) in [5, 5.41) is 12.2. The number of nitrogens with one attached hydrogen (secondary N) is 1. The van der Waals surface area contributed by atoms with Crippen LogP contribution in [-0.2, 0) is 11.4 Å². The second kappa shape index (κ2) is 9.15. The van der Waals surface area contributed by atoms with E-state index >= 15 is 0 Å². The third kappa shape index (κ3) is 4.30. The Labute approximate surface area is 194 Å². The molecule has 158 valence electrons. The SMILES string of the molecule is N#Cc1ccccc1COc1c(Cl)cc(/C=C2/NC(=O)N(c3ccccc3)C2=O)cc1Cl. The van der Waals surface area contributed by atoms with Crippen LogP contribution in [-0.4, -0.2) is 11.9 Å². The number of nitrogens with zero attached hydrogens (tertiary/aromatic N) is 2. The van der Waals surface area contributed by atoms with Crippen molar-refractivity contribution < 1.29 is 14.3 Å². The lowest BCUT2D eigenvalue weighted by Gasteiger charge is -2.12. The van der Waals surface area contributed by atoms with Gasteiger partial charge in [0.1, 0.15) is 12.3 Å². The largest absolute Gasteiger partial charge is 0.486 e. The maximum atomic E-state index is 12.7. The van der Waals surface area contributed by atoms with E-state index in [0.717, 1.165) is 4.90 Å². The fourth-order valence-electron chi connectivity index (χ4n) is 3.22. The Hall–Kier alpha value is -3.79. The number of amides is 3. The molecule has 1 heterocycles. The number of carbonyl (C=O) groups excluding carboxylic acids is 2. The zero-order valence-corrected chi connectivity index (χ0v) is 18.0. The van der Waals surface area contributed by atoms with Crippen LogP contribution in [0, 0.1) is 11.3 Å². The fraction of sp³-hybridized carbons (Fsp3) is 0.0417. The summed E-state index contributed by atoms with van der Waals surface area (Å²) in [6, 6.07) is 20.4. The van der Waals surface area contributed by atoms with Gasteiger partial charge in [0.05, 0.1) is 27.4 Å². The van der Waals surface area contributed by atoms with Gasteiger partial charge in [-0.05, 0) is 42.0 Å². The van der Waals surface area contributed by atoms with Crippen molar-refractivity contribution in [3.05, 3.63) is 99.2 Å². The molecule has 0 spiro atoms. The first-order chi connectivity index (χ1) is 15.5. The Bertz CT molecular complexity index is 1260. The van der Waals surface area contributed by atoms with Crippen LogP contribution in [0.5, 0.6) is 5.75 Å². The number of para-hydroxylation sites is 1. The zero-order chi connectivity index (χ0) is 22.7. The lowest BCUT2D eigenvalue weighted by atomic mass is 10.1. The molecule has 32 heavy (non-hydrogen) atoms. The predicted molar refractivity (Wildman–Crippen MR) is 122 cm³/mol. The zero-order valence-electron chi connectivity index (χ0n) is 16.5. The summed E-state index contributed by atoms with van der Waals surface area (Å²) in [4.78, 5) is 26.1. The van der Waals surface area contributed by atoms with Crippen molar-refractivity contribution in [2.75, 3.05) is 4.90 Å². The fourth-order valence-corrected chi connectivity index (χ4v) is 3.83. The molecule has 0 unspecified atom stereocenters. The van der Waals surface area contributed by atoms with Crippen LogP contribution >= 0.6 is 23.2 Å². The number of benzene rings is 3. The molecule has 4 rings (SSSR count). The molecule has 1 fully saturated rings. The van der Waals surface area contributed by atoms with Crippen LogP contribution in [0.1, 0.15) is 16.7 Å². The molecule has 0 radical (unpaired) electrons. The summed E-state index contributed by atoms with van der Waals surface area (Å²) in [5.74, 6) is -0.224. The van der Waals surface area contributed by atoms with Gasteiger partial charge in [-0.25, -0.2) is 9.69 Å². The van der Waals surface area contributed by atoms with Crippen molar-refractivity contribution in [1.29, 1.82) is 5.26 Å². The van der Waals surface area contributed by atoms with Crippen molar-refractivity contribution in [3.8, 4) is 11.8 Å². The third-order valence-corrected chi connectivity index (χ3v) is 5.30. The lowest BCUT2D eigenvalue weighted by molar-refractivity contribution is -0.113. The van der Waals surface area contributed by atoms with E-state index < -0.39 is 11.9 Å². The first kappa shape index (κ1) is 21.4. The number of hydrogen-bond acceptors (Lipinski definition) is 4. The van der Waals surface area contributed by atoms with E-state index in [1.165, 1.54) is 6.08 Å². The standard InChI is InChI=1S/C24H15Cl2N3O3/c25-19-10-15(11-20(26)22(19)32-14-17-7-5-4-6-16(17)13-27)12-21-23(30)29(24(31)28-21)18-8-2-1-3-9-18/h1-12H,14H2,(H,28,31)/b21-12+. The van der Waals surface area contributed by atoms with Crippen LogP contribution in [0.4, 0.5) is 10.5 Å². The maximum absolute atomic E-state index is 12.7. The van der Waals surface area contributed by atoms with Gasteiger partial charge in [0.15, 0.2) is 5.75 Å². The summed E-state index contributed by atoms with van der Waals surface area (Å²) in [6.45, 7) is 0.115. The molecule has 0 bridgehead atoms. The van der Waals surface area contributed by atoms with E-state index in [2.05, 4.69) is 11.4 Å². The number of hydrogen-bond donors (Lipinski definition) is 1. The van der Waals surface area contributed by atoms with Crippen LogP contribution in [0.3, 0.4) is 0 Å². The van der Waals surface area contributed by atoms with Gasteiger partial charge in [0, 0.05) is 5.56 Å². The summed E-state index contributed by atoms with van der Waals surface area (Å²) >= 11 is 12.7. The molecular formula is C24H15Cl2N3O3. The average molecular weight is 464 g/mol. The Morgan fingerprint density at radius 2 is 1.66 bits per heavy atom. The molecule has 3 aromatic carbocycles. The number of ether oxygens (including phenoxy) is 1. The second-order valence-corrected chi connectivity index (χ2v) is 7.65. The molecule has 8 heteroatoms. The highest BCUT2D eigenvalue weighted by atomic mass is 35.5. The normalized spacial score (nSPS) is 14.4. The van der Waals surface area contributed by atoms with Crippen molar-refractivity contribution >= 4 is 46.9 Å². The van der Waals surface area contributed by atoms with E-state index in [-0.39, 0.29) is 28.1 Å². The van der Waals surface area contributed by atoms with Gasteiger partial charge in [-0.15, -0.1) is 0 Å². The highest BCUT2D eigenvalue weighted by Crippen LogP contribution is 2.36. The minimum Gasteiger partial charge on any atom is -0.486 e. The van der Waals surface area contributed by atoms with Gasteiger partial charge < -0.3 is 10.1 Å². The average Bonchev–Trinajstić information content (AvgIpc) is 3.06. The molecule has 0 aliphatic carbocycles. The molecule has 1 saturated heterocycles. The molecule has 1 N–H and O–H groups in total. The van der Waals surface area contributed by atoms with Gasteiger partial charge in [0.25, 0.3) is 5.91 Å². The minimum atomic E-state index is -0.541. The first-order valence-electron chi connectivity index (χ1n) is 9.50. The number of rotatable bonds is 5. The molecule has 1 aliphatic rings. The van der Waals surface area contributed by atoms with Gasteiger partial charge in [-0.3, -0.25) is 4.79 Å². The van der Waals surface area contributed by atoms with Crippen molar-refractivity contribution in [2.24, 2.45) is 0 Å². The van der Waals surface area contributed by atoms with Gasteiger partial charge in [-0.1, -0.05) is 59.6 Å². The van der Waals surface area contributed by atoms with Crippen LogP contribution < -0.4 is 15.0 Å². The number of anilines is 1. The lowest BCUT2D eigenvalue weighted by Crippen LogP contribution is -2.30. The van der Waals surface area contributed by atoms with E-state index in [1.54, 1.807) is 60.7 Å². The van der Waals surface area contributed by atoms with E-state index in [1.807, 2.05) is 6.07 Å². The smallest absolute Gasteiger partial charge is 0.333 e. The molecule has 0 atom stereocenters. The topological polar surface area (TPSA) is 82.4 Å². The number of imide groups is 1. The van der Waals surface area contributed by atoms with Crippen LogP contribution in [0.15, 0.2) is 72.4 Å². The van der Waals surface area contributed by atoms with Crippen molar-refractivity contribution in [3.63, 3.8) is 0 Å². The van der Waals surface area contributed by atoms with Crippen molar-refractivity contribution in [2.45, 2.75) is 6.61 Å². The summed E-state index contributed by atoms with van der Waals surface area (Å²) in [5.41, 5.74) is 2.29. The summed E-state index contributed by atoms with van der Waals surface area (Å²) < 4.78 is 5.75. The van der Waals surface area contributed by atoms with Gasteiger partial charge >= 0.3 is 6.03 Å². The minimum absolute atomic E-state index is 0.0996. The number of carbonyl (C=O) groups is 2. The van der Waals surface area contributed by atoms with Crippen LogP contribution in [0.2, 0.25) is 10.0 Å². The van der Waals surface area contributed by atoms with Crippen molar-refractivity contribution in [1.82, 2.24) is 5.32 Å². The number of nitriles is 1. The summed E-state index contributed by atoms with van der Waals surface area (Å²) in [6.07, 6.45) is 1.50. The molecule has 1 aliphatic heterocycles. The third-order valence-electron chi connectivity index (χ3n) is 4.73. The molecule has 6 nitrogen and oxygen atoms in total. The Kier molecular flexibility index (Phi) is 6.13. The van der Waals surface area contributed by atoms with Gasteiger partial charge in [-0.2, -0.15) is 5.26 Å². The van der Waals surface area contributed by atoms with E-state index in [4.69, 9.17) is 27.9 Å². The maximum Gasteiger partial charge on any atom is 0.333 e. The summed E-state index contributed by atoms with van der Waals surface area (Å²) in [7, 11) is 0. The quantitative estimate of drug-likeness (QED) is 0.397. The Morgan fingerprint density at radius 1 is 1.00 bits per heavy atom. The molecule has 3 amide bonds. The molecule has 0 aromatic heterocycles. The van der Waals surface area contributed by atoms with E-state index in [0.29, 0.717) is 22.4 Å². The van der Waals surface area contributed by atoms with Gasteiger partial charge in [0.2, 0.25) is 0 Å². The Balaban J connectivity index is 1.56. The van der Waals surface area contributed by atoms with Crippen LogP contribution in [0.25, 0.3) is 6.08 Å². The monoisotopic (exact) mass is 463 g/mol. The van der Waals surface area contributed by atoms with E-state index in [9.17, 15) is 14.9 Å². The predicted octanol–water partition coefficient (Wildman–Crippen LogP) is 5.54. The Morgan fingerprint density at radius 3 is 2.34 bits per heavy atom.